The van der Waals surface area contributed by atoms with Crippen LogP contribution < -0.4 is 9.05 Å². The Kier molecular flexibility index (Phi) is 7.79. The third-order valence-corrected chi connectivity index (χ3v) is 5.63. The number of phosphoric acid groups is 1. The number of rotatable bonds is 7. The molecule has 1 fully saturated rings. The largest absolute Gasteiger partial charge is 0.589 e. The second-order valence-corrected chi connectivity index (χ2v) is 9.55. The van der Waals surface area contributed by atoms with Gasteiger partial charge in [0.2, 0.25) is 0 Å². The van der Waals surface area contributed by atoms with E-state index in [0.29, 0.717) is 0 Å². The molecule has 1 unspecified atom stereocenters. The zero-order valence-electron chi connectivity index (χ0n) is 18.2. The predicted molar refractivity (Wildman–Crippen MR) is 116 cm³/mol. The molecular weight excluding hydrogens is 437 g/mol. The number of phosphoric ester groups is 1. The van der Waals surface area contributed by atoms with Gasteiger partial charge in [-0.05, 0) is 45.0 Å². The molecule has 0 spiro atoms. The van der Waals surface area contributed by atoms with E-state index in [0.717, 1.165) is 0 Å². The van der Waals surface area contributed by atoms with E-state index < -0.39 is 38.4 Å². The molecule has 9 nitrogen and oxygen atoms in total. The highest BCUT2D eigenvalue weighted by molar-refractivity contribution is 7.49. The Morgan fingerprint density at radius 2 is 1.56 bits per heavy atom. The predicted octanol–water partition coefficient (Wildman–Crippen LogP) is 4.22. The van der Waals surface area contributed by atoms with Gasteiger partial charge < -0.3 is 23.6 Å². The second kappa shape index (κ2) is 10.4. The van der Waals surface area contributed by atoms with Gasteiger partial charge in [-0.25, -0.2) is 13.9 Å². The van der Waals surface area contributed by atoms with Crippen molar-refractivity contribution in [3.05, 3.63) is 60.7 Å². The monoisotopic (exact) mass is 465 g/mol. The summed E-state index contributed by atoms with van der Waals surface area (Å²) >= 11 is 0. The standard InChI is InChI=1S/C22H28NO8P/c1-22(2,3)28-21(25)23-17(14-24)15-27-16-20(23)31-32(26,29-18-10-6-4-7-11-18)30-19-12-8-5-9-13-19/h4-13,17,20,24H,14-16H2,1-3H3/t17-,20?/m1/s1. The maximum Gasteiger partial charge on any atom is 0.589 e. The Morgan fingerprint density at radius 1 is 1.03 bits per heavy atom. The average Bonchev–Trinajstić information content (AvgIpc) is 2.73. The van der Waals surface area contributed by atoms with E-state index in [2.05, 4.69) is 0 Å². The zero-order valence-corrected chi connectivity index (χ0v) is 19.1. The first-order chi connectivity index (χ1) is 15.2. The lowest BCUT2D eigenvalue weighted by Gasteiger charge is -2.41. The van der Waals surface area contributed by atoms with Gasteiger partial charge >= 0.3 is 13.9 Å². The lowest BCUT2D eigenvalue weighted by atomic mass is 10.2. The summed E-state index contributed by atoms with van der Waals surface area (Å²) in [5.41, 5.74) is -0.787. The number of aliphatic hydroxyl groups is 1. The lowest BCUT2D eigenvalue weighted by molar-refractivity contribution is -0.132. The number of carbonyl (C=O) groups is 1. The zero-order chi connectivity index (χ0) is 23.2. The van der Waals surface area contributed by atoms with Crippen molar-refractivity contribution in [2.75, 3.05) is 19.8 Å². The molecule has 2 atom stereocenters. The summed E-state index contributed by atoms with van der Waals surface area (Å²) in [6.45, 7) is 4.71. The first kappa shape index (κ1) is 24.1. The minimum atomic E-state index is -4.31. The van der Waals surface area contributed by atoms with Gasteiger partial charge in [-0.2, -0.15) is 0 Å². The molecular formula is C22H28NO8P. The summed E-state index contributed by atoms with van der Waals surface area (Å²) in [4.78, 5) is 14.1. The SMILES string of the molecule is CC(C)(C)OC(=O)N1C(OP(=O)(Oc2ccccc2)Oc2ccccc2)COC[C@H]1CO. The number of benzene rings is 2. The van der Waals surface area contributed by atoms with E-state index >= 15 is 0 Å². The highest BCUT2D eigenvalue weighted by Gasteiger charge is 2.44. The summed E-state index contributed by atoms with van der Waals surface area (Å²) in [5.74, 6) is 0.511. The van der Waals surface area contributed by atoms with Gasteiger partial charge in [0, 0.05) is 0 Å². The fraction of sp³-hybridized carbons (Fsp3) is 0.409. The Labute approximate surface area is 187 Å². The van der Waals surface area contributed by atoms with Crippen LogP contribution in [-0.4, -0.2) is 53.8 Å². The van der Waals surface area contributed by atoms with E-state index in [4.69, 9.17) is 23.0 Å². The maximum absolute atomic E-state index is 13.7. The van der Waals surface area contributed by atoms with Crippen molar-refractivity contribution < 1.29 is 37.5 Å². The van der Waals surface area contributed by atoms with E-state index in [9.17, 15) is 14.5 Å². The number of carbonyl (C=O) groups excluding carboxylic acids is 1. The molecule has 0 saturated carbocycles. The summed E-state index contributed by atoms with van der Waals surface area (Å²) in [6.07, 6.45) is -1.93. The van der Waals surface area contributed by atoms with E-state index in [-0.39, 0.29) is 24.7 Å². The van der Waals surface area contributed by atoms with Crippen LogP contribution in [0.25, 0.3) is 0 Å². The molecule has 1 amide bonds. The molecule has 32 heavy (non-hydrogen) atoms. The van der Waals surface area contributed by atoms with Crippen molar-refractivity contribution in [3.63, 3.8) is 0 Å². The first-order valence-corrected chi connectivity index (χ1v) is 11.6. The number of aliphatic hydroxyl groups excluding tert-OH is 1. The molecule has 3 rings (SSSR count). The summed E-state index contributed by atoms with van der Waals surface area (Å²) in [7, 11) is -4.31. The molecule has 1 saturated heterocycles. The van der Waals surface area contributed by atoms with Crippen LogP contribution in [0.4, 0.5) is 4.79 Å². The normalized spacial score (nSPS) is 19.3. The van der Waals surface area contributed by atoms with Gasteiger partial charge in [-0.1, -0.05) is 36.4 Å². The molecule has 1 heterocycles. The number of hydrogen-bond donors (Lipinski definition) is 1. The molecule has 1 aliphatic rings. The van der Waals surface area contributed by atoms with Crippen LogP contribution in [0.2, 0.25) is 0 Å². The fourth-order valence-corrected chi connectivity index (χ4v) is 4.28. The van der Waals surface area contributed by atoms with Crippen LogP contribution >= 0.6 is 7.82 Å². The number of ether oxygens (including phenoxy) is 2. The molecule has 0 aromatic heterocycles. The van der Waals surface area contributed by atoms with E-state index in [1.807, 2.05) is 0 Å². The van der Waals surface area contributed by atoms with Gasteiger partial charge in [0.25, 0.3) is 0 Å². The quantitative estimate of drug-likeness (QED) is 0.606. The second-order valence-electron chi connectivity index (χ2n) is 8.08. The van der Waals surface area contributed by atoms with Crippen molar-refractivity contribution >= 4 is 13.9 Å². The molecule has 1 N–H and O–H groups in total. The third kappa shape index (κ3) is 6.71. The average molecular weight is 465 g/mol. The maximum atomic E-state index is 13.7. The van der Waals surface area contributed by atoms with Crippen LogP contribution in [0, 0.1) is 0 Å². The summed E-state index contributed by atoms with van der Waals surface area (Å²) in [6, 6.07) is 16.0. The van der Waals surface area contributed by atoms with Gasteiger partial charge in [-0.15, -0.1) is 0 Å². The summed E-state index contributed by atoms with van der Waals surface area (Å²) < 4.78 is 41.6. The Hall–Kier alpha value is -2.58. The van der Waals surface area contributed by atoms with Gasteiger partial charge in [0.05, 0.1) is 25.9 Å². The van der Waals surface area contributed by atoms with Gasteiger partial charge in [0.15, 0.2) is 6.23 Å². The minimum Gasteiger partial charge on any atom is -0.444 e. The Morgan fingerprint density at radius 3 is 2.03 bits per heavy atom. The van der Waals surface area contributed by atoms with Crippen LogP contribution in [0.5, 0.6) is 11.5 Å². The van der Waals surface area contributed by atoms with E-state index in [1.165, 1.54) is 4.90 Å². The van der Waals surface area contributed by atoms with Gasteiger partial charge in [0.1, 0.15) is 17.1 Å². The third-order valence-electron chi connectivity index (χ3n) is 4.26. The topological polar surface area (TPSA) is 104 Å². The van der Waals surface area contributed by atoms with Crippen molar-refractivity contribution in [2.45, 2.75) is 38.6 Å². The number of morpholine rings is 1. The molecule has 2 aromatic rings. The highest BCUT2D eigenvalue weighted by atomic mass is 31.2. The fourth-order valence-electron chi connectivity index (χ4n) is 2.94. The molecule has 0 bridgehead atoms. The number of para-hydroxylation sites is 2. The Bertz CT molecular complexity index is 873. The van der Waals surface area contributed by atoms with E-state index in [1.54, 1.807) is 81.4 Å². The van der Waals surface area contributed by atoms with Crippen molar-refractivity contribution in [1.29, 1.82) is 0 Å². The summed E-state index contributed by atoms with van der Waals surface area (Å²) in [5, 5.41) is 9.78. The van der Waals surface area contributed by atoms with Crippen LogP contribution in [0.3, 0.4) is 0 Å². The molecule has 1 aliphatic heterocycles. The van der Waals surface area contributed by atoms with Crippen LogP contribution in [0.15, 0.2) is 60.7 Å². The van der Waals surface area contributed by atoms with Gasteiger partial charge in [-0.3, -0.25) is 4.90 Å². The highest BCUT2D eigenvalue weighted by Crippen LogP contribution is 2.51. The smallest absolute Gasteiger partial charge is 0.444 e. The van der Waals surface area contributed by atoms with Crippen LogP contribution in [0.1, 0.15) is 20.8 Å². The number of amides is 1. The molecule has 0 radical (unpaired) electrons. The minimum absolute atomic E-state index is 0.0684. The molecule has 10 heteroatoms. The molecule has 2 aromatic carbocycles. The first-order valence-electron chi connectivity index (χ1n) is 10.2. The van der Waals surface area contributed by atoms with Crippen molar-refractivity contribution in [3.8, 4) is 11.5 Å². The lowest BCUT2D eigenvalue weighted by Crippen LogP contribution is -2.58. The Balaban J connectivity index is 1.89. The number of nitrogens with zero attached hydrogens (tertiary/aromatic N) is 1. The van der Waals surface area contributed by atoms with Crippen molar-refractivity contribution in [1.82, 2.24) is 4.90 Å². The molecule has 174 valence electrons. The van der Waals surface area contributed by atoms with Crippen molar-refractivity contribution in [2.24, 2.45) is 0 Å². The van der Waals surface area contributed by atoms with Crippen LogP contribution in [-0.2, 0) is 18.6 Å². The molecule has 0 aliphatic carbocycles. The number of hydrogen-bond acceptors (Lipinski definition) is 8.